The Kier molecular flexibility index (Phi) is 6.41. The average molecular weight is 276 g/mol. The van der Waals surface area contributed by atoms with E-state index in [9.17, 15) is 0 Å². The summed E-state index contributed by atoms with van der Waals surface area (Å²) in [6, 6.07) is 1.54. The average Bonchev–Trinajstić information content (AvgIpc) is 2.94. The summed E-state index contributed by atoms with van der Waals surface area (Å²) in [6.45, 7) is 7.70. The molecule has 1 saturated carbocycles. The van der Waals surface area contributed by atoms with Crippen LogP contribution in [0.4, 0.5) is 0 Å². The van der Waals surface area contributed by atoms with Crippen LogP contribution < -0.4 is 5.32 Å². The molecule has 0 unspecified atom stereocenters. The highest BCUT2D eigenvalue weighted by atomic mass is 35.5. The molecule has 0 atom stereocenters. The number of nitrogens with one attached hydrogen (secondary N) is 1. The van der Waals surface area contributed by atoms with Gasteiger partial charge < -0.3 is 5.32 Å². The van der Waals surface area contributed by atoms with Crippen LogP contribution in [0, 0.1) is 0 Å². The third-order valence-electron chi connectivity index (χ3n) is 3.02. The van der Waals surface area contributed by atoms with E-state index >= 15 is 0 Å². The first-order chi connectivity index (χ1) is 7.77. The molecule has 0 aromatic carbocycles. The van der Waals surface area contributed by atoms with Crippen molar-refractivity contribution in [2.24, 2.45) is 0 Å². The number of aromatic nitrogens is 1. The molecule has 17 heavy (non-hydrogen) atoms. The Morgan fingerprint density at radius 2 is 2.29 bits per heavy atom. The molecule has 0 aliphatic heterocycles. The van der Waals surface area contributed by atoms with Gasteiger partial charge in [0, 0.05) is 37.1 Å². The number of halogens is 1. The Labute approximate surface area is 114 Å². The van der Waals surface area contributed by atoms with E-state index in [-0.39, 0.29) is 12.4 Å². The lowest BCUT2D eigenvalue weighted by Gasteiger charge is -2.26. The molecule has 1 aliphatic carbocycles. The highest BCUT2D eigenvalue weighted by Gasteiger charge is 2.29. The second-order valence-corrected chi connectivity index (χ2v) is 5.44. The van der Waals surface area contributed by atoms with Crippen molar-refractivity contribution in [1.82, 2.24) is 15.2 Å². The van der Waals surface area contributed by atoms with Crippen LogP contribution in [0.25, 0.3) is 0 Å². The van der Waals surface area contributed by atoms with Crippen molar-refractivity contribution in [1.29, 1.82) is 0 Å². The first-order valence-corrected chi connectivity index (χ1v) is 7.05. The molecular weight excluding hydrogens is 254 g/mol. The Bertz CT molecular complexity index is 297. The molecule has 2 rings (SSSR count). The minimum absolute atomic E-state index is 0. The van der Waals surface area contributed by atoms with Gasteiger partial charge in [0.15, 0.2) is 0 Å². The minimum atomic E-state index is 0. The van der Waals surface area contributed by atoms with Gasteiger partial charge in [-0.05, 0) is 26.7 Å². The molecule has 1 fully saturated rings. The van der Waals surface area contributed by atoms with Crippen molar-refractivity contribution < 1.29 is 0 Å². The van der Waals surface area contributed by atoms with Crippen molar-refractivity contribution >= 4 is 23.7 Å². The Balaban J connectivity index is 0.00000144. The molecule has 1 N–H and O–H groups in total. The monoisotopic (exact) mass is 275 g/mol. The lowest BCUT2D eigenvalue weighted by molar-refractivity contribution is 0.211. The fraction of sp³-hybridized carbons (Fsp3) is 0.750. The quantitative estimate of drug-likeness (QED) is 0.775. The number of rotatable bonds is 7. The van der Waals surface area contributed by atoms with Crippen molar-refractivity contribution in [3.05, 3.63) is 16.6 Å². The first kappa shape index (κ1) is 14.9. The van der Waals surface area contributed by atoms with E-state index in [0.717, 1.165) is 31.4 Å². The van der Waals surface area contributed by atoms with Gasteiger partial charge >= 0.3 is 0 Å². The van der Waals surface area contributed by atoms with E-state index in [2.05, 4.69) is 34.4 Å². The molecule has 5 heteroatoms. The SMILES string of the molecule is CC(C)N(CCNCc1cscn1)C1CC1.Cl. The van der Waals surface area contributed by atoms with Crippen molar-refractivity contribution in [3.63, 3.8) is 0 Å². The molecule has 98 valence electrons. The van der Waals surface area contributed by atoms with Crippen LogP contribution in [0.3, 0.4) is 0 Å². The van der Waals surface area contributed by atoms with Crippen LogP contribution in [-0.4, -0.2) is 35.1 Å². The molecule has 3 nitrogen and oxygen atoms in total. The smallest absolute Gasteiger partial charge is 0.0795 e. The fourth-order valence-corrected chi connectivity index (χ4v) is 2.58. The predicted octanol–water partition coefficient (Wildman–Crippen LogP) is 2.53. The molecule has 0 bridgehead atoms. The molecule has 1 aromatic heterocycles. The third kappa shape index (κ3) is 4.92. The summed E-state index contributed by atoms with van der Waals surface area (Å²) in [5, 5.41) is 5.56. The summed E-state index contributed by atoms with van der Waals surface area (Å²) in [6.07, 6.45) is 2.79. The molecule has 0 radical (unpaired) electrons. The first-order valence-electron chi connectivity index (χ1n) is 6.11. The van der Waals surface area contributed by atoms with E-state index in [1.165, 1.54) is 12.8 Å². The van der Waals surface area contributed by atoms with Crippen LogP contribution in [0.15, 0.2) is 10.9 Å². The van der Waals surface area contributed by atoms with Crippen molar-refractivity contribution in [2.45, 2.75) is 45.3 Å². The van der Waals surface area contributed by atoms with Gasteiger partial charge in [-0.2, -0.15) is 0 Å². The van der Waals surface area contributed by atoms with E-state index in [1.807, 2.05) is 5.51 Å². The topological polar surface area (TPSA) is 28.2 Å². The van der Waals surface area contributed by atoms with Gasteiger partial charge in [0.2, 0.25) is 0 Å². The molecule has 1 aliphatic rings. The largest absolute Gasteiger partial charge is 0.310 e. The van der Waals surface area contributed by atoms with Gasteiger partial charge in [-0.25, -0.2) is 4.98 Å². The van der Waals surface area contributed by atoms with Crippen LogP contribution in [-0.2, 0) is 6.54 Å². The molecule has 1 heterocycles. The van der Waals surface area contributed by atoms with Gasteiger partial charge in [0.1, 0.15) is 0 Å². The van der Waals surface area contributed by atoms with E-state index in [1.54, 1.807) is 11.3 Å². The van der Waals surface area contributed by atoms with Crippen LogP contribution in [0.5, 0.6) is 0 Å². The highest BCUT2D eigenvalue weighted by Crippen LogP contribution is 2.27. The normalized spacial score (nSPS) is 15.3. The van der Waals surface area contributed by atoms with Crippen LogP contribution >= 0.6 is 23.7 Å². The highest BCUT2D eigenvalue weighted by molar-refractivity contribution is 7.07. The third-order valence-corrected chi connectivity index (χ3v) is 3.65. The Morgan fingerprint density at radius 1 is 1.53 bits per heavy atom. The number of hydrogen-bond acceptors (Lipinski definition) is 4. The molecule has 0 spiro atoms. The summed E-state index contributed by atoms with van der Waals surface area (Å²) in [7, 11) is 0. The maximum Gasteiger partial charge on any atom is 0.0795 e. The predicted molar refractivity (Wildman–Crippen MR) is 75.9 cm³/mol. The number of thiazole rings is 1. The summed E-state index contributed by atoms with van der Waals surface area (Å²) < 4.78 is 0. The van der Waals surface area contributed by atoms with Crippen molar-refractivity contribution in [2.75, 3.05) is 13.1 Å². The lowest BCUT2D eigenvalue weighted by atomic mass is 10.3. The summed E-state index contributed by atoms with van der Waals surface area (Å²) >= 11 is 1.66. The van der Waals surface area contributed by atoms with Crippen LogP contribution in [0.2, 0.25) is 0 Å². The maximum atomic E-state index is 4.26. The van der Waals surface area contributed by atoms with Crippen LogP contribution in [0.1, 0.15) is 32.4 Å². The summed E-state index contributed by atoms with van der Waals surface area (Å²) in [5.74, 6) is 0. The number of hydrogen-bond donors (Lipinski definition) is 1. The van der Waals surface area contributed by atoms with Gasteiger partial charge in [-0.15, -0.1) is 23.7 Å². The Hall–Kier alpha value is -0.160. The molecule has 0 saturated heterocycles. The van der Waals surface area contributed by atoms with E-state index < -0.39 is 0 Å². The van der Waals surface area contributed by atoms with E-state index in [0.29, 0.717) is 6.04 Å². The molecule has 0 amide bonds. The van der Waals surface area contributed by atoms with Gasteiger partial charge in [0.25, 0.3) is 0 Å². The molecular formula is C12H22ClN3S. The van der Waals surface area contributed by atoms with Crippen molar-refractivity contribution in [3.8, 4) is 0 Å². The summed E-state index contributed by atoms with van der Waals surface area (Å²) in [4.78, 5) is 6.86. The van der Waals surface area contributed by atoms with Gasteiger partial charge in [0.05, 0.1) is 11.2 Å². The van der Waals surface area contributed by atoms with Gasteiger partial charge in [-0.3, -0.25) is 4.90 Å². The number of nitrogens with zero attached hydrogens (tertiary/aromatic N) is 2. The zero-order chi connectivity index (χ0) is 11.4. The minimum Gasteiger partial charge on any atom is -0.310 e. The van der Waals surface area contributed by atoms with E-state index in [4.69, 9.17) is 0 Å². The second kappa shape index (κ2) is 7.31. The molecule has 1 aromatic rings. The zero-order valence-electron chi connectivity index (χ0n) is 10.6. The second-order valence-electron chi connectivity index (χ2n) is 4.72. The summed E-state index contributed by atoms with van der Waals surface area (Å²) in [5.41, 5.74) is 3.05. The Morgan fingerprint density at radius 3 is 2.82 bits per heavy atom. The zero-order valence-corrected chi connectivity index (χ0v) is 12.2. The fourth-order valence-electron chi connectivity index (χ4n) is 2.02. The maximum absolute atomic E-state index is 4.26. The standard InChI is InChI=1S/C12H21N3S.ClH/c1-10(2)15(12-3-4-12)6-5-13-7-11-8-16-9-14-11;/h8-10,12-13H,3-7H2,1-2H3;1H. The van der Waals surface area contributed by atoms with Gasteiger partial charge in [-0.1, -0.05) is 0 Å². The lowest BCUT2D eigenvalue weighted by Crippen LogP contribution is -2.38.